The Morgan fingerprint density at radius 1 is 1.13 bits per heavy atom. The van der Waals surface area contributed by atoms with Gasteiger partial charge in [0.15, 0.2) is 5.82 Å². The Hall–Kier alpha value is -3.13. The van der Waals surface area contributed by atoms with Crippen molar-refractivity contribution in [1.29, 1.82) is 0 Å². The van der Waals surface area contributed by atoms with E-state index in [0.29, 0.717) is 37.7 Å². The van der Waals surface area contributed by atoms with Crippen molar-refractivity contribution >= 4 is 11.5 Å². The van der Waals surface area contributed by atoms with Crippen molar-refractivity contribution in [2.75, 3.05) is 29.4 Å². The van der Waals surface area contributed by atoms with Crippen LogP contribution in [-0.2, 0) is 6.42 Å². The minimum absolute atomic E-state index is 0.0298. The molecule has 0 aromatic carbocycles. The first-order valence-electron chi connectivity index (χ1n) is 10.2. The van der Waals surface area contributed by atoms with E-state index in [4.69, 9.17) is 4.98 Å². The number of anilines is 2. The van der Waals surface area contributed by atoms with Gasteiger partial charge in [0.1, 0.15) is 11.5 Å². The van der Waals surface area contributed by atoms with E-state index < -0.39 is 5.95 Å². The molecule has 0 amide bonds. The number of aliphatic hydroxyl groups excluding tert-OH is 1. The van der Waals surface area contributed by atoms with Gasteiger partial charge in [0.2, 0.25) is 5.95 Å². The third-order valence-electron chi connectivity index (χ3n) is 5.89. The number of rotatable bonds is 3. The SMILES string of the molecule is CC1c2cnc(-c3ccccn3)nc2CCN1c1cc(N2CCC(O)C2)cc(F)n1. The molecular formula is C22H23FN6O. The predicted octanol–water partition coefficient (Wildman–Crippen LogP) is 2.77. The molecule has 2 unspecified atom stereocenters. The zero-order valence-corrected chi connectivity index (χ0v) is 16.7. The Balaban J connectivity index is 1.44. The van der Waals surface area contributed by atoms with E-state index in [9.17, 15) is 9.50 Å². The summed E-state index contributed by atoms with van der Waals surface area (Å²) < 4.78 is 14.3. The van der Waals surface area contributed by atoms with Crippen molar-refractivity contribution in [2.24, 2.45) is 0 Å². The van der Waals surface area contributed by atoms with Crippen LogP contribution in [0.25, 0.3) is 11.5 Å². The zero-order valence-electron chi connectivity index (χ0n) is 16.7. The van der Waals surface area contributed by atoms with E-state index in [0.717, 1.165) is 29.1 Å². The summed E-state index contributed by atoms with van der Waals surface area (Å²) in [4.78, 5) is 21.8. The molecule has 154 valence electrons. The molecule has 0 bridgehead atoms. The number of aromatic nitrogens is 4. The smallest absolute Gasteiger partial charge is 0.216 e. The van der Waals surface area contributed by atoms with Gasteiger partial charge >= 0.3 is 0 Å². The van der Waals surface area contributed by atoms with E-state index in [2.05, 4.69) is 26.8 Å². The van der Waals surface area contributed by atoms with Gasteiger partial charge in [-0.15, -0.1) is 0 Å². The van der Waals surface area contributed by atoms with Crippen molar-refractivity contribution in [1.82, 2.24) is 19.9 Å². The molecule has 2 aliphatic heterocycles. The predicted molar refractivity (Wildman–Crippen MR) is 112 cm³/mol. The van der Waals surface area contributed by atoms with Crippen LogP contribution >= 0.6 is 0 Å². The van der Waals surface area contributed by atoms with Gasteiger partial charge in [0, 0.05) is 61.8 Å². The molecular weight excluding hydrogens is 383 g/mol. The number of aliphatic hydroxyl groups is 1. The van der Waals surface area contributed by atoms with Crippen LogP contribution in [0.15, 0.2) is 42.7 Å². The largest absolute Gasteiger partial charge is 0.391 e. The highest BCUT2D eigenvalue weighted by atomic mass is 19.1. The maximum Gasteiger partial charge on any atom is 0.216 e. The first-order chi connectivity index (χ1) is 14.6. The highest BCUT2D eigenvalue weighted by molar-refractivity contribution is 5.58. The lowest BCUT2D eigenvalue weighted by molar-refractivity contribution is 0.198. The molecule has 1 N–H and O–H groups in total. The standard InChI is InChI=1S/C22H23FN6O/c1-14-17-12-25-22(19-4-2-3-7-24-19)26-18(17)6-9-29(14)21-11-15(10-20(23)27-21)28-8-5-16(30)13-28/h2-4,7,10-12,14,16,30H,5-6,8-9,13H2,1H3. The van der Waals surface area contributed by atoms with Gasteiger partial charge in [-0.05, 0) is 25.5 Å². The maximum absolute atomic E-state index is 14.3. The zero-order chi connectivity index (χ0) is 20.7. The monoisotopic (exact) mass is 406 g/mol. The van der Waals surface area contributed by atoms with Crippen LogP contribution in [0.5, 0.6) is 0 Å². The molecule has 2 atom stereocenters. The molecule has 3 aromatic heterocycles. The lowest BCUT2D eigenvalue weighted by Crippen LogP contribution is -2.35. The summed E-state index contributed by atoms with van der Waals surface area (Å²) in [5, 5.41) is 9.82. The van der Waals surface area contributed by atoms with Crippen molar-refractivity contribution in [3.8, 4) is 11.5 Å². The lowest BCUT2D eigenvalue weighted by atomic mass is 9.99. The average molecular weight is 406 g/mol. The van der Waals surface area contributed by atoms with Gasteiger partial charge in [-0.2, -0.15) is 4.39 Å². The van der Waals surface area contributed by atoms with Crippen LogP contribution < -0.4 is 9.80 Å². The molecule has 5 heterocycles. The van der Waals surface area contributed by atoms with Gasteiger partial charge in [-0.3, -0.25) is 4.98 Å². The van der Waals surface area contributed by atoms with Crippen LogP contribution in [0.2, 0.25) is 0 Å². The molecule has 8 heteroatoms. The molecule has 30 heavy (non-hydrogen) atoms. The second kappa shape index (κ2) is 7.60. The van der Waals surface area contributed by atoms with Crippen LogP contribution in [0.1, 0.15) is 30.6 Å². The minimum Gasteiger partial charge on any atom is -0.391 e. The Kier molecular flexibility index (Phi) is 4.78. The topological polar surface area (TPSA) is 78.3 Å². The quantitative estimate of drug-likeness (QED) is 0.670. The Morgan fingerprint density at radius 3 is 2.80 bits per heavy atom. The molecule has 0 radical (unpaired) electrons. The number of hydrogen-bond acceptors (Lipinski definition) is 7. The molecule has 1 saturated heterocycles. The molecule has 0 aliphatic carbocycles. The third kappa shape index (κ3) is 3.47. The first kappa shape index (κ1) is 18.9. The highest BCUT2D eigenvalue weighted by Gasteiger charge is 2.28. The first-order valence-corrected chi connectivity index (χ1v) is 10.2. The second-order valence-corrected chi connectivity index (χ2v) is 7.82. The molecule has 1 fully saturated rings. The summed E-state index contributed by atoms with van der Waals surface area (Å²) in [6, 6.07) is 9.00. The van der Waals surface area contributed by atoms with Gasteiger partial charge in [0.25, 0.3) is 0 Å². The third-order valence-corrected chi connectivity index (χ3v) is 5.89. The van der Waals surface area contributed by atoms with E-state index in [1.165, 1.54) is 6.07 Å². The molecule has 2 aliphatic rings. The van der Waals surface area contributed by atoms with Gasteiger partial charge in [-0.25, -0.2) is 15.0 Å². The normalized spacial score (nSPS) is 21.0. The fourth-order valence-corrected chi connectivity index (χ4v) is 4.27. The maximum atomic E-state index is 14.3. The number of hydrogen-bond donors (Lipinski definition) is 1. The minimum atomic E-state index is -0.511. The van der Waals surface area contributed by atoms with E-state index in [-0.39, 0.29) is 12.1 Å². The summed E-state index contributed by atoms with van der Waals surface area (Å²) in [7, 11) is 0. The summed E-state index contributed by atoms with van der Waals surface area (Å²) >= 11 is 0. The van der Waals surface area contributed by atoms with Crippen molar-refractivity contribution < 1.29 is 9.50 Å². The highest BCUT2D eigenvalue weighted by Crippen LogP contribution is 2.34. The lowest BCUT2D eigenvalue weighted by Gasteiger charge is -2.36. The Labute approximate surface area is 174 Å². The van der Waals surface area contributed by atoms with Crippen LogP contribution in [-0.4, -0.2) is 50.8 Å². The second-order valence-electron chi connectivity index (χ2n) is 7.82. The van der Waals surface area contributed by atoms with Gasteiger partial charge in [-0.1, -0.05) is 6.07 Å². The van der Waals surface area contributed by atoms with Crippen molar-refractivity contribution in [2.45, 2.75) is 31.9 Å². The number of β-amino-alcohol motifs (C(OH)–C–C–N with tert-alkyl or cyclic N) is 1. The van der Waals surface area contributed by atoms with Crippen molar-refractivity contribution in [3.63, 3.8) is 0 Å². The summed E-state index contributed by atoms with van der Waals surface area (Å²) in [5.41, 5.74) is 3.52. The van der Waals surface area contributed by atoms with E-state index in [1.807, 2.05) is 35.4 Å². The van der Waals surface area contributed by atoms with Crippen LogP contribution in [0.3, 0.4) is 0 Å². The van der Waals surface area contributed by atoms with E-state index >= 15 is 0 Å². The number of fused-ring (bicyclic) bond motifs is 1. The molecule has 5 rings (SSSR count). The molecule has 0 spiro atoms. The van der Waals surface area contributed by atoms with Crippen LogP contribution in [0, 0.1) is 5.95 Å². The van der Waals surface area contributed by atoms with Crippen LogP contribution in [0.4, 0.5) is 15.9 Å². The molecule has 3 aromatic rings. The Bertz CT molecular complexity index is 1060. The number of pyridine rings is 2. The summed E-state index contributed by atoms with van der Waals surface area (Å²) in [5.74, 6) is 0.704. The molecule has 7 nitrogen and oxygen atoms in total. The van der Waals surface area contributed by atoms with Gasteiger partial charge in [0.05, 0.1) is 17.8 Å². The number of nitrogens with zero attached hydrogens (tertiary/aromatic N) is 6. The fraction of sp³-hybridized carbons (Fsp3) is 0.364. The molecule has 0 saturated carbocycles. The van der Waals surface area contributed by atoms with Gasteiger partial charge < -0.3 is 14.9 Å². The Morgan fingerprint density at radius 2 is 2.03 bits per heavy atom. The summed E-state index contributed by atoms with van der Waals surface area (Å²) in [6.07, 6.45) is 4.63. The average Bonchev–Trinajstić information content (AvgIpc) is 3.20. The van der Waals surface area contributed by atoms with Crippen molar-refractivity contribution in [3.05, 3.63) is 59.9 Å². The summed E-state index contributed by atoms with van der Waals surface area (Å²) in [6.45, 7) is 3.98. The fourth-order valence-electron chi connectivity index (χ4n) is 4.27. The number of halogens is 1. The van der Waals surface area contributed by atoms with E-state index in [1.54, 1.807) is 6.20 Å².